The number of nitrogens with zero attached hydrogens (tertiary/aromatic N) is 2. The monoisotopic (exact) mass is 270 g/mol. The molecule has 5 nitrogen and oxygen atoms in total. The summed E-state index contributed by atoms with van der Waals surface area (Å²) in [6, 6.07) is 2.71. The minimum absolute atomic E-state index is 0.0576. The number of halogens is 2. The molecule has 0 atom stereocenters. The molecule has 1 heterocycles. The van der Waals surface area contributed by atoms with E-state index in [1.807, 2.05) is 0 Å². The normalized spacial score (nSPS) is 10.1. The van der Waals surface area contributed by atoms with Crippen LogP contribution in [-0.4, -0.2) is 24.7 Å². The summed E-state index contributed by atoms with van der Waals surface area (Å²) in [5.74, 6) is -0.883. The fourth-order valence-electron chi connectivity index (χ4n) is 1.45. The van der Waals surface area contributed by atoms with Gasteiger partial charge in [-0.2, -0.15) is 5.26 Å². The van der Waals surface area contributed by atoms with Crippen LogP contribution in [-0.2, 0) is 16.0 Å². The van der Waals surface area contributed by atoms with Gasteiger partial charge in [0.15, 0.2) is 0 Å². The first kappa shape index (κ1) is 14.8. The van der Waals surface area contributed by atoms with Crippen molar-refractivity contribution < 1.29 is 23.0 Å². The lowest BCUT2D eigenvalue weighted by Crippen LogP contribution is -2.11. The van der Waals surface area contributed by atoms with Crippen LogP contribution in [0.4, 0.5) is 8.78 Å². The van der Waals surface area contributed by atoms with Crippen molar-refractivity contribution in [2.75, 3.05) is 13.7 Å². The molecule has 0 amide bonds. The first-order valence-corrected chi connectivity index (χ1v) is 5.45. The molecular formula is C12H12F2N2O3. The molecule has 0 aromatic carbocycles. The predicted molar refractivity (Wildman–Crippen MR) is 60.8 cm³/mol. The number of esters is 1. The van der Waals surface area contributed by atoms with Crippen molar-refractivity contribution in [2.24, 2.45) is 0 Å². The number of pyridine rings is 1. The Labute approximate surface area is 108 Å². The van der Waals surface area contributed by atoms with Crippen molar-refractivity contribution in [3.8, 4) is 11.9 Å². The molecule has 1 aromatic heterocycles. The van der Waals surface area contributed by atoms with Crippen LogP contribution in [0.3, 0.4) is 0 Å². The van der Waals surface area contributed by atoms with Gasteiger partial charge in [0.05, 0.1) is 37.0 Å². The highest BCUT2D eigenvalue weighted by Crippen LogP contribution is 2.29. The molecule has 19 heavy (non-hydrogen) atoms. The van der Waals surface area contributed by atoms with Crippen molar-refractivity contribution in [2.45, 2.75) is 19.8 Å². The molecule has 0 aliphatic rings. The average Bonchev–Trinajstić information content (AvgIpc) is 2.38. The minimum Gasteiger partial charge on any atom is -0.481 e. The number of alkyl halides is 2. The summed E-state index contributed by atoms with van der Waals surface area (Å²) in [5, 5.41) is 8.90. The maximum absolute atomic E-state index is 12.7. The Morgan fingerprint density at radius 2 is 2.26 bits per heavy atom. The van der Waals surface area contributed by atoms with Gasteiger partial charge in [0.1, 0.15) is 6.07 Å². The summed E-state index contributed by atoms with van der Waals surface area (Å²) in [7, 11) is 1.19. The van der Waals surface area contributed by atoms with Gasteiger partial charge < -0.3 is 9.47 Å². The summed E-state index contributed by atoms with van der Waals surface area (Å²) in [4.78, 5) is 15.1. The molecule has 0 bridgehead atoms. The largest absolute Gasteiger partial charge is 0.481 e. The number of carbonyl (C=O) groups excluding carboxylic acids is 1. The van der Waals surface area contributed by atoms with Crippen molar-refractivity contribution >= 4 is 5.97 Å². The molecular weight excluding hydrogens is 258 g/mol. The van der Waals surface area contributed by atoms with E-state index in [1.54, 1.807) is 13.0 Å². The fourth-order valence-corrected chi connectivity index (χ4v) is 1.45. The fraction of sp³-hybridized carbons (Fsp3) is 0.417. The highest BCUT2D eigenvalue weighted by Gasteiger charge is 2.20. The van der Waals surface area contributed by atoms with Gasteiger partial charge in [-0.25, -0.2) is 13.8 Å². The number of ether oxygens (including phenoxy) is 2. The van der Waals surface area contributed by atoms with E-state index in [0.717, 1.165) is 6.07 Å². The molecule has 0 aliphatic carbocycles. The van der Waals surface area contributed by atoms with E-state index >= 15 is 0 Å². The zero-order chi connectivity index (χ0) is 14.4. The predicted octanol–water partition coefficient (Wildman–Crippen LogP) is 2.01. The zero-order valence-electron chi connectivity index (χ0n) is 10.4. The first-order chi connectivity index (χ1) is 9.03. The molecule has 0 saturated heterocycles. The molecule has 1 rings (SSSR count). The Kier molecular flexibility index (Phi) is 5.18. The third kappa shape index (κ3) is 3.61. The molecule has 7 heteroatoms. The van der Waals surface area contributed by atoms with Gasteiger partial charge in [-0.15, -0.1) is 0 Å². The van der Waals surface area contributed by atoms with Gasteiger partial charge in [0.25, 0.3) is 6.43 Å². The number of nitriles is 1. The lowest BCUT2D eigenvalue weighted by atomic mass is 10.1. The number of hydrogen-bond acceptors (Lipinski definition) is 5. The van der Waals surface area contributed by atoms with Gasteiger partial charge >= 0.3 is 5.97 Å². The van der Waals surface area contributed by atoms with E-state index in [-0.39, 0.29) is 30.2 Å². The molecule has 0 fully saturated rings. The maximum atomic E-state index is 12.7. The van der Waals surface area contributed by atoms with Crippen LogP contribution in [0, 0.1) is 11.3 Å². The zero-order valence-corrected chi connectivity index (χ0v) is 10.4. The summed E-state index contributed by atoms with van der Waals surface area (Å²) in [5.41, 5.74) is -0.516. The second-order valence-corrected chi connectivity index (χ2v) is 3.48. The van der Waals surface area contributed by atoms with Crippen molar-refractivity contribution in [3.05, 3.63) is 22.9 Å². The molecule has 0 spiro atoms. The summed E-state index contributed by atoms with van der Waals surface area (Å²) in [6.07, 6.45) is -3.08. The Bertz CT molecular complexity index is 512. The number of methoxy groups -OCH3 is 1. The maximum Gasteiger partial charge on any atom is 0.311 e. The van der Waals surface area contributed by atoms with Gasteiger partial charge in [0, 0.05) is 0 Å². The molecule has 102 valence electrons. The Hall–Kier alpha value is -2.23. The van der Waals surface area contributed by atoms with E-state index in [2.05, 4.69) is 4.98 Å². The Morgan fingerprint density at radius 3 is 2.74 bits per heavy atom. The first-order valence-electron chi connectivity index (χ1n) is 5.45. The van der Waals surface area contributed by atoms with Gasteiger partial charge in [-0.3, -0.25) is 4.79 Å². The highest BCUT2D eigenvalue weighted by molar-refractivity contribution is 5.73. The van der Waals surface area contributed by atoms with E-state index in [0.29, 0.717) is 0 Å². The molecule has 0 radical (unpaired) electrons. The Morgan fingerprint density at radius 1 is 1.58 bits per heavy atom. The number of aromatic nitrogens is 1. The smallest absolute Gasteiger partial charge is 0.311 e. The quantitative estimate of drug-likeness (QED) is 0.765. The van der Waals surface area contributed by atoms with Gasteiger partial charge in [-0.1, -0.05) is 0 Å². The van der Waals surface area contributed by atoms with Crippen molar-refractivity contribution in [3.63, 3.8) is 0 Å². The van der Waals surface area contributed by atoms with Crippen LogP contribution in [0.2, 0.25) is 0 Å². The van der Waals surface area contributed by atoms with Gasteiger partial charge in [-0.05, 0) is 13.0 Å². The third-order valence-corrected chi connectivity index (χ3v) is 2.26. The molecule has 0 aliphatic heterocycles. The highest BCUT2D eigenvalue weighted by atomic mass is 19.3. The number of hydrogen-bond donors (Lipinski definition) is 0. The van der Waals surface area contributed by atoms with E-state index in [1.165, 1.54) is 7.11 Å². The molecule has 1 aromatic rings. The minimum atomic E-state index is -2.81. The van der Waals surface area contributed by atoms with Crippen molar-refractivity contribution in [1.82, 2.24) is 4.98 Å². The standard InChI is InChI=1S/C12H12F2N2O3/c1-3-19-10(17)5-9-7(6-15)4-8(11(13)14)12(16-9)18-2/h4,11H,3,5H2,1-2H3. The molecule has 0 N–H and O–H groups in total. The molecule has 0 saturated carbocycles. The number of carbonyl (C=O) groups is 1. The third-order valence-electron chi connectivity index (χ3n) is 2.26. The summed E-state index contributed by atoms with van der Waals surface area (Å²) < 4.78 is 34.9. The van der Waals surface area contributed by atoms with Crippen LogP contribution >= 0.6 is 0 Å². The van der Waals surface area contributed by atoms with Gasteiger partial charge in [0.2, 0.25) is 5.88 Å². The lowest BCUT2D eigenvalue weighted by Gasteiger charge is -2.10. The second kappa shape index (κ2) is 6.64. The SMILES string of the molecule is CCOC(=O)Cc1nc(OC)c(C(F)F)cc1C#N. The van der Waals surface area contributed by atoms with E-state index < -0.39 is 18.0 Å². The average molecular weight is 270 g/mol. The lowest BCUT2D eigenvalue weighted by molar-refractivity contribution is -0.142. The second-order valence-electron chi connectivity index (χ2n) is 3.48. The van der Waals surface area contributed by atoms with Crippen LogP contribution in [0.15, 0.2) is 6.07 Å². The van der Waals surface area contributed by atoms with E-state index in [9.17, 15) is 13.6 Å². The van der Waals surface area contributed by atoms with Crippen LogP contribution in [0.25, 0.3) is 0 Å². The molecule has 0 unspecified atom stereocenters. The number of rotatable bonds is 5. The van der Waals surface area contributed by atoms with Crippen LogP contribution in [0.1, 0.15) is 30.2 Å². The van der Waals surface area contributed by atoms with Crippen LogP contribution < -0.4 is 4.74 Å². The Balaban J connectivity index is 3.18. The van der Waals surface area contributed by atoms with E-state index in [4.69, 9.17) is 14.7 Å². The van der Waals surface area contributed by atoms with Crippen LogP contribution in [0.5, 0.6) is 5.88 Å². The topological polar surface area (TPSA) is 72.2 Å². The summed E-state index contributed by atoms with van der Waals surface area (Å²) in [6.45, 7) is 1.82. The summed E-state index contributed by atoms with van der Waals surface area (Å²) >= 11 is 0. The van der Waals surface area contributed by atoms with Crippen molar-refractivity contribution in [1.29, 1.82) is 5.26 Å².